The fraction of sp³-hybridized carbons (Fsp3) is 0.769. The molecule has 110 valence electrons. The van der Waals surface area contributed by atoms with Gasteiger partial charge in [-0.3, -0.25) is 4.68 Å². The maximum Gasteiger partial charge on any atom is 0.106 e. The number of nitrogens with one attached hydrogen (secondary N) is 1. The van der Waals surface area contributed by atoms with Crippen molar-refractivity contribution in [2.45, 2.75) is 38.8 Å². The Morgan fingerprint density at radius 1 is 1.53 bits per heavy atom. The number of halogens is 1. The molecule has 5 nitrogen and oxygen atoms in total. The maximum absolute atomic E-state index is 10.7. The van der Waals surface area contributed by atoms with Gasteiger partial charge >= 0.3 is 0 Å². The van der Waals surface area contributed by atoms with Crippen molar-refractivity contribution in [3.8, 4) is 0 Å². The second-order valence-corrected chi connectivity index (χ2v) is 6.00. The first kappa shape index (κ1) is 16.6. The highest BCUT2D eigenvalue weighted by molar-refractivity contribution is 9.10. The van der Waals surface area contributed by atoms with Gasteiger partial charge in [0.15, 0.2) is 0 Å². The zero-order chi connectivity index (χ0) is 14.5. The van der Waals surface area contributed by atoms with Crippen LogP contribution in [-0.4, -0.2) is 41.7 Å². The van der Waals surface area contributed by atoms with Gasteiger partial charge in [-0.15, -0.1) is 0 Å². The molecule has 0 fully saturated rings. The maximum atomic E-state index is 10.7. The Balaban J connectivity index is 2.68. The van der Waals surface area contributed by atoms with Gasteiger partial charge in [0.2, 0.25) is 0 Å². The smallest absolute Gasteiger partial charge is 0.106 e. The van der Waals surface area contributed by atoms with Crippen molar-refractivity contribution < 1.29 is 9.84 Å². The molecule has 0 aromatic carbocycles. The molecule has 1 rings (SSSR count). The van der Waals surface area contributed by atoms with E-state index in [1.54, 1.807) is 13.3 Å². The Morgan fingerprint density at radius 3 is 2.79 bits per heavy atom. The summed E-state index contributed by atoms with van der Waals surface area (Å²) in [5.74, 6) is 0. The quantitative estimate of drug-likeness (QED) is 0.715. The average molecular weight is 334 g/mol. The monoisotopic (exact) mass is 333 g/mol. The minimum atomic E-state index is -0.917. The Morgan fingerprint density at radius 2 is 2.21 bits per heavy atom. The van der Waals surface area contributed by atoms with Crippen molar-refractivity contribution in [3.63, 3.8) is 0 Å². The van der Waals surface area contributed by atoms with Crippen LogP contribution in [0.1, 0.15) is 38.9 Å². The van der Waals surface area contributed by atoms with Crippen LogP contribution >= 0.6 is 15.9 Å². The topological polar surface area (TPSA) is 59.3 Å². The molecule has 6 heteroatoms. The van der Waals surface area contributed by atoms with Crippen LogP contribution in [0.2, 0.25) is 0 Å². The summed E-state index contributed by atoms with van der Waals surface area (Å²) >= 11 is 3.47. The van der Waals surface area contributed by atoms with E-state index in [1.807, 2.05) is 11.6 Å². The molecule has 0 bridgehead atoms. The normalized spacial score (nSPS) is 14.9. The minimum absolute atomic E-state index is 0.217. The van der Waals surface area contributed by atoms with E-state index in [1.165, 1.54) is 0 Å². The van der Waals surface area contributed by atoms with Crippen LogP contribution in [0.3, 0.4) is 0 Å². The van der Waals surface area contributed by atoms with Crippen LogP contribution in [-0.2, 0) is 10.3 Å². The summed E-state index contributed by atoms with van der Waals surface area (Å²) < 4.78 is 7.68. The summed E-state index contributed by atoms with van der Waals surface area (Å²) in [5.41, 5.74) is -0.0873. The molecule has 0 aliphatic carbocycles. The lowest BCUT2D eigenvalue weighted by Crippen LogP contribution is -2.32. The van der Waals surface area contributed by atoms with Gasteiger partial charge in [-0.05, 0) is 49.7 Å². The lowest BCUT2D eigenvalue weighted by Gasteiger charge is -2.26. The minimum Gasteiger partial charge on any atom is -0.384 e. The highest BCUT2D eigenvalue weighted by Gasteiger charge is 2.30. The van der Waals surface area contributed by atoms with Crippen molar-refractivity contribution >= 4 is 15.9 Å². The standard InChI is InChI=1S/C13H24BrN3O2/c1-10(2)17-12(11(14)9-16-17)13(3,18)5-6-15-7-8-19-4/h9-10,15,18H,5-8H2,1-4H3. The molecule has 1 unspecified atom stereocenters. The molecule has 0 radical (unpaired) electrons. The molecule has 19 heavy (non-hydrogen) atoms. The number of hydrogen-bond donors (Lipinski definition) is 2. The van der Waals surface area contributed by atoms with Gasteiger partial charge in [-0.25, -0.2) is 0 Å². The largest absolute Gasteiger partial charge is 0.384 e. The number of aromatic nitrogens is 2. The molecule has 0 saturated carbocycles. The van der Waals surface area contributed by atoms with Gasteiger partial charge in [-0.2, -0.15) is 5.10 Å². The number of methoxy groups -OCH3 is 1. The summed E-state index contributed by atoms with van der Waals surface area (Å²) in [6.07, 6.45) is 2.36. The van der Waals surface area contributed by atoms with E-state index < -0.39 is 5.60 Å². The SMILES string of the molecule is COCCNCCC(C)(O)c1c(Br)cnn1C(C)C. The number of hydrogen-bond acceptors (Lipinski definition) is 4. The van der Waals surface area contributed by atoms with Crippen LogP contribution in [0, 0.1) is 0 Å². The molecule has 0 amide bonds. The third-order valence-corrected chi connectivity index (χ3v) is 3.60. The summed E-state index contributed by atoms with van der Waals surface area (Å²) in [4.78, 5) is 0. The predicted octanol–water partition coefficient (Wildman–Crippen LogP) is 2.06. The highest BCUT2D eigenvalue weighted by Crippen LogP contribution is 2.32. The number of rotatable bonds is 8. The van der Waals surface area contributed by atoms with E-state index in [0.717, 1.165) is 23.3 Å². The molecular weight excluding hydrogens is 310 g/mol. The summed E-state index contributed by atoms with van der Waals surface area (Å²) in [7, 11) is 1.68. The van der Waals surface area contributed by atoms with Gasteiger partial charge in [0.05, 0.1) is 23.0 Å². The summed E-state index contributed by atoms with van der Waals surface area (Å²) in [6, 6.07) is 0.217. The first-order chi connectivity index (χ1) is 8.90. The van der Waals surface area contributed by atoms with E-state index in [4.69, 9.17) is 4.74 Å². The number of ether oxygens (including phenoxy) is 1. The fourth-order valence-electron chi connectivity index (χ4n) is 1.99. The van der Waals surface area contributed by atoms with Crippen LogP contribution in [0.15, 0.2) is 10.7 Å². The van der Waals surface area contributed by atoms with E-state index >= 15 is 0 Å². The summed E-state index contributed by atoms with van der Waals surface area (Å²) in [5, 5.41) is 18.2. The summed E-state index contributed by atoms with van der Waals surface area (Å²) in [6.45, 7) is 8.12. The average Bonchev–Trinajstić information content (AvgIpc) is 2.71. The van der Waals surface area contributed by atoms with Crippen molar-refractivity contribution in [1.29, 1.82) is 0 Å². The second kappa shape index (κ2) is 7.38. The molecule has 0 aliphatic heterocycles. The molecule has 0 aliphatic rings. The lowest BCUT2D eigenvalue weighted by molar-refractivity contribution is 0.0362. The molecular formula is C13H24BrN3O2. The van der Waals surface area contributed by atoms with Crippen LogP contribution < -0.4 is 5.32 Å². The lowest BCUT2D eigenvalue weighted by atomic mass is 9.97. The highest BCUT2D eigenvalue weighted by atomic mass is 79.9. The first-order valence-corrected chi connectivity index (χ1v) is 7.35. The third-order valence-electron chi connectivity index (χ3n) is 3.02. The van der Waals surface area contributed by atoms with Crippen LogP contribution in [0.4, 0.5) is 0 Å². The molecule has 0 spiro atoms. The van der Waals surface area contributed by atoms with Crippen molar-refractivity contribution in [2.75, 3.05) is 26.8 Å². The fourth-order valence-corrected chi connectivity index (χ4v) is 2.69. The van der Waals surface area contributed by atoms with E-state index in [0.29, 0.717) is 13.0 Å². The molecule has 1 aromatic heterocycles. The van der Waals surface area contributed by atoms with E-state index in [-0.39, 0.29) is 6.04 Å². The number of aliphatic hydroxyl groups is 1. The zero-order valence-electron chi connectivity index (χ0n) is 12.1. The molecule has 1 heterocycles. The molecule has 2 N–H and O–H groups in total. The van der Waals surface area contributed by atoms with Gasteiger partial charge in [0.25, 0.3) is 0 Å². The van der Waals surface area contributed by atoms with Gasteiger partial charge in [0, 0.05) is 19.7 Å². The first-order valence-electron chi connectivity index (χ1n) is 6.55. The Hall–Kier alpha value is -0.430. The molecule has 1 aromatic rings. The van der Waals surface area contributed by atoms with Crippen molar-refractivity contribution in [2.24, 2.45) is 0 Å². The van der Waals surface area contributed by atoms with Crippen molar-refractivity contribution in [1.82, 2.24) is 15.1 Å². The Kier molecular flexibility index (Phi) is 6.46. The van der Waals surface area contributed by atoms with Gasteiger partial charge in [-0.1, -0.05) is 0 Å². The second-order valence-electron chi connectivity index (χ2n) is 5.15. The van der Waals surface area contributed by atoms with E-state index in [9.17, 15) is 5.11 Å². The Labute approximate surface area is 123 Å². The Bertz CT molecular complexity index is 391. The van der Waals surface area contributed by atoms with Gasteiger partial charge in [0.1, 0.15) is 5.60 Å². The van der Waals surface area contributed by atoms with Crippen molar-refractivity contribution in [3.05, 3.63) is 16.4 Å². The molecule has 0 saturated heterocycles. The third kappa shape index (κ3) is 4.56. The van der Waals surface area contributed by atoms with Crippen LogP contribution in [0.25, 0.3) is 0 Å². The predicted molar refractivity (Wildman–Crippen MR) is 79.2 cm³/mol. The number of nitrogens with zero attached hydrogens (tertiary/aromatic N) is 2. The molecule has 1 atom stereocenters. The van der Waals surface area contributed by atoms with Gasteiger partial charge < -0.3 is 15.2 Å². The zero-order valence-corrected chi connectivity index (χ0v) is 13.7. The van der Waals surface area contributed by atoms with Crippen LogP contribution in [0.5, 0.6) is 0 Å². The van der Waals surface area contributed by atoms with E-state index in [2.05, 4.69) is 40.2 Å².